The molecule has 1 unspecified atom stereocenters. The maximum atomic E-state index is 12.5. The summed E-state index contributed by atoms with van der Waals surface area (Å²) in [6.45, 7) is 6.36. The van der Waals surface area contributed by atoms with Gasteiger partial charge in [-0.2, -0.15) is 0 Å². The van der Waals surface area contributed by atoms with Crippen molar-refractivity contribution in [2.24, 2.45) is 11.8 Å². The van der Waals surface area contributed by atoms with E-state index in [1.165, 1.54) is 37.3 Å². The van der Waals surface area contributed by atoms with Crippen LogP contribution in [-0.4, -0.2) is 42.0 Å². The van der Waals surface area contributed by atoms with Crippen molar-refractivity contribution >= 4 is 28.6 Å². The van der Waals surface area contributed by atoms with Crippen LogP contribution in [0.1, 0.15) is 28.2 Å². The Balaban J connectivity index is 1.41. The zero-order valence-corrected chi connectivity index (χ0v) is 14.9. The Hall–Kier alpha value is -1.24. The first-order chi connectivity index (χ1) is 11.2. The summed E-state index contributed by atoms with van der Waals surface area (Å²) in [5.41, 5.74) is 0.838. The third-order valence-electron chi connectivity index (χ3n) is 5.05. The molecular formula is C17H21N3OS2. The standard InChI is InChI=1S/C17H21N3OS2/c1-11-15(23-17(19-11)14-3-2-8-22-14)16(21)18-9-13-10-20-6-4-12(13)5-7-20/h2-3,8,12-13H,4-7,9-10H2,1H3,(H,18,21). The molecule has 1 atom stereocenters. The molecule has 0 saturated carbocycles. The lowest BCUT2D eigenvalue weighted by Crippen LogP contribution is -2.50. The molecule has 0 aromatic carbocycles. The second-order valence-corrected chi connectivity index (χ2v) is 8.47. The molecule has 3 fully saturated rings. The predicted molar refractivity (Wildman–Crippen MR) is 95.2 cm³/mol. The number of amides is 1. The van der Waals surface area contributed by atoms with Gasteiger partial charge in [0, 0.05) is 13.1 Å². The highest BCUT2D eigenvalue weighted by Crippen LogP contribution is 2.33. The molecule has 4 nitrogen and oxygen atoms in total. The number of piperidine rings is 3. The Labute approximate surface area is 144 Å². The Morgan fingerprint density at radius 1 is 1.43 bits per heavy atom. The van der Waals surface area contributed by atoms with Crippen molar-refractivity contribution in [2.45, 2.75) is 19.8 Å². The topological polar surface area (TPSA) is 45.2 Å². The Morgan fingerprint density at radius 2 is 2.26 bits per heavy atom. The van der Waals surface area contributed by atoms with Gasteiger partial charge in [0.05, 0.1) is 10.6 Å². The predicted octanol–water partition coefficient (Wildman–Crippen LogP) is 3.25. The molecule has 3 saturated heterocycles. The number of hydrogen-bond donors (Lipinski definition) is 1. The summed E-state index contributed by atoms with van der Waals surface area (Å²) < 4.78 is 0. The fraction of sp³-hybridized carbons (Fsp3) is 0.529. The van der Waals surface area contributed by atoms with Gasteiger partial charge in [-0.1, -0.05) is 6.07 Å². The summed E-state index contributed by atoms with van der Waals surface area (Å²) in [6.07, 6.45) is 2.59. The van der Waals surface area contributed by atoms with Crippen LogP contribution >= 0.6 is 22.7 Å². The highest BCUT2D eigenvalue weighted by Gasteiger charge is 2.34. The molecular weight excluding hydrogens is 326 g/mol. The number of aryl methyl sites for hydroxylation is 1. The molecule has 122 valence electrons. The second kappa shape index (κ2) is 6.34. The summed E-state index contributed by atoms with van der Waals surface area (Å²) in [7, 11) is 0. The maximum Gasteiger partial charge on any atom is 0.263 e. The van der Waals surface area contributed by atoms with Gasteiger partial charge in [0.15, 0.2) is 0 Å². The van der Waals surface area contributed by atoms with Crippen molar-refractivity contribution in [1.29, 1.82) is 0 Å². The van der Waals surface area contributed by atoms with Gasteiger partial charge >= 0.3 is 0 Å². The van der Waals surface area contributed by atoms with Crippen LogP contribution in [0.5, 0.6) is 0 Å². The monoisotopic (exact) mass is 347 g/mol. The zero-order chi connectivity index (χ0) is 15.8. The van der Waals surface area contributed by atoms with Gasteiger partial charge in [-0.3, -0.25) is 4.79 Å². The minimum Gasteiger partial charge on any atom is -0.351 e. The number of aromatic nitrogens is 1. The highest BCUT2D eigenvalue weighted by molar-refractivity contribution is 7.22. The summed E-state index contributed by atoms with van der Waals surface area (Å²) >= 11 is 3.17. The van der Waals surface area contributed by atoms with Gasteiger partial charge in [0.25, 0.3) is 5.91 Å². The van der Waals surface area contributed by atoms with Crippen LogP contribution in [0.15, 0.2) is 17.5 Å². The van der Waals surface area contributed by atoms with E-state index in [0.29, 0.717) is 5.92 Å². The fourth-order valence-corrected chi connectivity index (χ4v) is 5.52. The Morgan fingerprint density at radius 3 is 2.91 bits per heavy atom. The third kappa shape index (κ3) is 3.07. The number of nitrogens with zero attached hydrogens (tertiary/aromatic N) is 2. The first kappa shape index (κ1) is 15.3. The van der Waals surface area contributed by atoms with Crippen molar-refractivity contribution in [1.82, 2.24) is 15.2 Å². The number of thiophene rings is 1. The van der Waals surface area contributed by atoms with Crippen molar-refractivity contribution in [3.63, 3.8) is 0 Å². The van der Waals surface area contributed by atoms with Crippen LogP contribution in [0.2, 0.25) is 0 Å². The number of thiazole rings is 1. The van der Waals surface area contributed by atoms with Crippen molar-refractivity contribution < 1.29 is 4.79 Å². The van der Waals surface area contributed by atoms with E-state index in [9.17, 15) is 4.79 Å². The van der Waals surface area contributed by atoms with Crippen LogP contribution in [0.3, 0.4) is 0 Å². The summed E-state index contributed by atoms with van der Waals surface area (Å²) in [4.78, 5) is 21.5. The van der Waals surface area contributed by atoms with E-state index in [1.807, 2.05) is 18.4 Å². The van der Waals surface area contributed by atoms with Gasteiger partial charge in [0.2, 0.25) is 0 Å². The van der Waals surface area contributed by atoms with Gasteiger partial charge in [-0.25, -0.2) is 4.98 Å². The summed E-state index contributed by atoms with van der Waals surface area (Å²) in [5.74, 6) is 1.45. The first-order valence-corrected chi connectivity index (χ1v) is 9.92. The molecule has 0 spiro atoms. The average molecular weight is 348 g/mol. The van der Waals surface area contributed by atoms with Crippen LogP contribution in [0.4, 0.5) is 0 Å². The molecule has 23 heavy (non-hydrogen) atoms. The minimum atomic E-state index is 0.0410. The van der Waals surface area contributed by atoms with Crippen molar-refractivity contribution in [2.75, 3.05) is 26.2 Å². The minimum absolute atomic E-state index is 0.0410. The van der Waals surface area contributed by atoms with E-state index in [1.54, 1.807) is 11.3 Å². The van der Waals surface area contributed by atoms with Crippen molar-refractivity contribution in [3.05, 3.63) is 28.1 Å². The van der Waals surface area contributed by atoms with Crippen LogP contribution in [-0.2, 0) is 0 Å². The van der Waals surface area contributed by atoms with Crippen LogP contribution < -0.4 is 5.32 Å². The van der Waals surface area contributed by atoms with Gasteiger partial charge < -0.3 is 10.2 Å². The summed E-state index contributed by atoms with van der Waals surface area (Å²) in [6, 6.07) is 4.07. The van der Waals surface area contributed by atoms with Gasteiger partial charge in [-0.15, -0.1) is 22.7 Å². The van der Waals surface area contributed by atoms with Crippen LogP contribution in [0.25, 0.3) is 9.88 Å². The lowest BCUT2D eigenvalue weighted by molar-refractivity contribution is 0.0496. The molecule has 1 N–H and O–H groups in total. The third-order valence-corrected chi connectivity index (χ3v) is 7.25. The number of carbonyl (C=O) groups excluding carboxylic acids is 1. The Bertz CT molecular complexity index is 687. The number of rotatable bonds is 4. The van der Waals surface area contributed by atoms with E-state index >= 15 is 0 Å². The molecule has 2 bridgehead atoms. The molecule has 5 heterocycles. The molecule has 0 radical (unpaired) electrons. The van der Waals surface area contributed by atoms with E-state index in [-0.39, 0.29) is 5.91 Å². The number of nitrogens with one attached hydrogen (secondary N) is 1. The largest absolute Gasteiger partial charge is 0.351 e. The van der Waals surface area contributed by atoms with Crippen molar-refractivity contribution in [3.8, 4) is 9.88 Å². The normalized spacial score (nSPS) is 26.4. The summed E-state index contributed by atoms with van der Waals surface area (Å²) in [5, 5.41) is 6.15. The quantitative estimate of drug-likeness (QED) is 0.923. The van der Waals surface area contributed by atoms with E-state index < -0.39 is 0 Å². The van der Waals surface area contributed by atoms with E-state index in [4.69, 9.17) is 0 Å². The van der Waals surface area contributed by atoms with E-state index in [0.717, 1.165) is 39.5 Å². The van der Waals surface area contributed by atoms with Crippen LogP contribution in [0, 0.1) is 18.8 Å². The molecule has 5 rings (SSSR count). The molecule has 3 aliphatic rings. The number of fused-ring (bicyclic) bond motifs is 3. The lowest BCUT2D eigenvalue weighted by Gasteiger charge is -2.44. The molecule has 0 aliphatic carbocycles. The molecule has 3 aliphatic heterocycles. The van der Waals surface area contributed by atoms with Gasteiger partial charge in [-0.05, 0) is 56.1 Å². The SMILES string of the molecule is Cc1nc(-c2cccs2)sc1C(=O)NCC1CN2CCC1CC2. The molecule has 2 aromatic rings. The molecule has 2 aromatic heterocycles. The smallest absolute Gasteiger partial charge is 0.263 e. The van der Waals surface area contributed by atoms with E-state index in [2.05, 4.69) is 21.3 Å². The Kier molecular flexibility index (Phi) is 4.22. The molecule has 6 heteroatoms. The lowest BCUT2D eigenvalue weighted by atomic mass is 9.79. The highest BCUT2D eigenvalue weighted by atomic mass is 32.1. The zero-order valence-electron chi connectivity index (χ0n) is 13.2. The van der Waals surface area contributed by atoms with Gasteiger partial charge in [0.1, 0.15) is 9.88 Å². The second-order valence-electron chi connectivity index (χ2n) is 6.52. The first-order valence-electron chi connectivity index (χ1n) is 8.22. The maximum absolute atomic E-state index is 12.5. The average Bonchev–Trinajstić information content (AvgIpc) is 3.23. The molecule has 1 amide bonds. The fourth-order valence-electron chi connectivity index (χ4n) is 3.74. The number of carbonyl (C=O) groups is 1. The number of hydrogen-bond acceptors (Lipinski definition) is 5.